The summed E-state index contributed by atoms with van der Waals surface area (Å²) in [4.78, 5) is 50.2. The van der Waals surface area contributed by atoms with Crippen molar-refractivity contribution >= 4 is 43.1 Å². The quantitative estimate of drug-likeness (QED) is 0.0580. The number of anilines is 1. The zero-order valence-electron chi connectivity index (χ0n) is 44.2. The SMILES string of the molecule is CCn1c(-c2cc(N3CCN(C(=O)OCc4ccccc4)CC3)cnc2C(C)OC)c(CC(C)(C)CO[Si](C)(C)C(C)(C)C)c2cc(C3CC3N(C)CC(NC(=O)OC(C)(C)C)C(=O)OC)ccc21. The zero-order valence-corrected chi connectivity index (χ0v) is 45.2. The molecule has 2 aromatic heterocycles. The number of benzene rings is 2. The molecule has 3 heterocycles. The van der Waals surface area contributed by atoms with Gasteiger partial charge in [-0.05, 0) is 113 Å². The average molecular weight is 969 g/mol. The molecule has 14 nitrogen and oxygen atoms in total. The van der Waals surface area contributed by atoms with E-state index in [0.29, 0.717) is 32.8 Å². The number of carbonyl (C=O) groups is 3. The first kappa shape index (κ1) is 53.4. The average Bonchev–Trinajstić information content (AvgIpc) is 4.05. The lowest BCUT2D eigenvalue weighted by molar-refractivity contribution is -0.143. The van der Waals surface area contributed by atoms with Crippen LogP contribution in [0.1, 0.15) is 110 Å². The predicted octanol–water partition coefficient (Wildman–Crippen LogP) is 10.3. The number of ether oxygens (including phenoxy) is 4. The number of fused-ring (bicyclic) bond motifs is 1. The Morgan fingerprint density at radius 1 is 0.942 bits per heavy atom. The van der Waals surface area contributed by atoms with Crippen molar-refractivity contribution in [3.63, 3.8) is 0 Å². The number of esters is 1. The Labute approximate surface area is 412 Å². The molecule has 1 saturated heterocycles. The Morgan fingerprint density at radius 2 is 1.62 bits per heavy atom. The van der Waals surface area contributed by atoms with Crippen LogP contribution in [0.3, 0.4) is 0 Å². The maximum absolute atomic E-state index is 13.1. The van der Waals surface area contributed by atoms with Gasteiger partial charge >= 0.3 is 18.2 Å². The van der Waals surface area contributed by atoms with E-state index in [0.717, 1.165) is 53.1 Å². The maximum Gasteiger partial charge on any atom is 0.410 e. The molecule has 4 aromatic rings. The van der Waals surface area contributed by atoms with Gasteiger partial charge in [0.05, 0.1) is 36.5 Å². The fourth-order valence-corrected chi connectivity index (χ4v) is 10.2. The number of hydrogen-bond acceptors (Lipinski definition) is 11. The zero-order chi connectivity index (χ0) is 50.6. The molecule has 2 aliphatic rings. The summed E-state index contributed by atoms with van der Waals surface area (Å²) in [6.45, 7) is 29.9. The van der Waals surface area contributed by atoms with Gasteiger partial charge in [0.2, 0.25) is 0 Å². The van der Waals surface area contributed by atoms with Gasteiger partial charge in [0.1, 0.15) is 18.2 Å². The fourth-order valence-electron chi connectivity index (χ4n) is 9.05. The van der Waals surface area contributed by atoms with Crippen molar-refractivity contribution in [1.82, 2.24) is 24.7 Å². The molecule has 1 N–H and O–H groups in total. The van der Waals surface area contributed by atoms with E-state index in [2.05, 4.69) is 106 Å². The first-order valence-corrected chi connectivity index (χ1v) is 27.6. The second-order valence-corrected chi connectivity index (χ2v) is 27.1. The number of nitrogens with one attached hydrogen (secondary N) is 1. The molecule has 2 amide bonds. The van der Waals surface area contributed by atoms with Gasteiger partial charge in [0.15, 0.2) is 8.32 Å². The number of hydrogen-bond donors (Lipinski definition) is 1. The second kappa shape index (κ2) is 21.6. The minimum atomic E-state index is -2.06. The summed E-state index contributed by atoms with van der Waals surface area (Å²) in [6, 6.07) is 18.2. The smallest absolute Gasteiger partial charge is 0.410 e. The van der Waals surface area contributed by atoms with Crippen molar-refractivity contribution in [1.29, 1.82) is 0 Å². The van der Waals surface area contributed by atoms with E-state index >= 15 is 0 Å². The highest BCUT2D eigenvalue weighted by atomic mass is 28.4. The Morgan fingerprint density at radius 3 is 2.23 bits per heavy atom. The van der Waals surface area contributed by atoms with Crippen molar-refractivity contribution in [2.45, 2.75) is 143 Å². The lowest BCUT2D eigenvalue weighted by Gasteiger charge is -2.39. The van der Waals surface area contributed by atoms with Crippen molar-refractivity contribution in [3.05, 3.63) is 83.2 Å². The Kier molecular flexibility index (Phi) is 16.7. The van der Waals surface area contributed by atoms with Crippen LogP contribution in [0.5, 0.6) is 0 Å². The third-order valence-corrected chi connectivity index (χ3v) is 18.7. The summed E-state index contributed by atoms with van der Waals surface area (Å²) in [6.07, 6.45) is 2.36. The minimum absolute atomic E-state index is 0.0727. The van der Waals surface area contributed by atoms with Crippen LogP contribution in [0, 0.1) is 5.41 Å². The topological polar surface area (TPSA) is 137 Å². The van der Waals surface area contributed by atoms with E-state index in [1.165, 1.54) is 23.6 Å². The number of pyridine rings is 1. The Hall–Kier alpha value is -4.96. The number of nitrogens with zero attached hydrogens (tertiary/aromatic N) is 5. The van der Waals surface area contributed by atoms with E-state index in [1.54, 1.807) is 32.8 Å². The number of alkyl carbamates (subject to hydrolysis) is 1. The molecule has 0 bridgehead atoms. The molecule has 15 heteroatoms. The Balaban J connectivity index is 1.36. The van der Waals surface area contributed by atoms with Gasteiger partial charge in [-0.1, -0.05) is 71.0 Å². The van der Waals surface area contributed by atoms with Crippen molar-refractivity contribution in [2.75, 3.05) is 65.5 Å². The monoisotopic (exact) mass is 969 g/mol. The number of rotatable bonds is 18. The lowest BCUT2D eigenvalue weighted by atomic mass is 9.84. The van der Waals surface area contributed by atoms with Gasteiger partial charge in [-0.25, -0.2) is 14.4 Å². The highest BCUT2D eigenvalue weighted by Crippen LogP contribution is 2.48. The number of aryl methyl sites for hydroxylation is 1. The molecule has 6 rings (SSSR count). The lowest BCUT2D eigenvalue weighted by Crippen LogP contribution is -2.50. The number of methoxy groups -OCH3 is 2. The Bertz CT molecular complexity index is 2420. The fraction of sp³-hybridized carbons (Fsp3) is 0.593. The number of aromatic nitrogens is 2. The first-order valence-electron chi connectivity index (χ1n) is 24.7. The molecule has 4 atom stereocenters. The number of carbonyl (C=O) groups excluding carboxylic acids is 3. The van der Waals surface area contributed by atoms with Gasteiger partial charge in [0, 0.05) is 81.4 Å². The first-order chi connectivity index (χ1) is 32.4. The van der Waals surface area contributed by atoms with Gasteiger partial charge in [0.25, 0.3) is 0 Å². The van der Waals surface area contributed by atoms with Crippen LogP contribution < -0.4 is 10.2 Å². The molecule has 1 aliphatic heterocycles. The van der Waals surface area contributed by atoms with Crippen molar-refractivity contribution < 1.29 is 37.8 Å². The van der Waals surface area contributed by atoms with E-state index in [4.69, 9.17) is 28.4 Å². The summed E-state index contributed by atoms with van der Waals surface area (Å²) < 4.78 is 31.7. The molecular formula is C54H80N6O8Si. The van der Waals surface area contributed by atoms with Crippen LogP contribution in [-0.4, -0.2) is 124 Å². The molecule has 2 fully saturated rings. The number of likely N-dealkylation sites (N-methyl/N-ethyl adjacent to an activating group) is 1. The maximum atomic E-state index is 13.1. The van der Waals surface area contributed by atoms with Crippen LogP contribution in [0.25, 0.3) is 22.2 Å². The standard InChI is InChI=1S/C54H80N6O8Si/c1-16-60-45-23-22-38(40-30-46(40)57(11)33-44(49(61)65-13)56-50(62)68-52(3,4)5)28-41(45)43(31-54(9,10)35-67-69(14,15)53(6,7)8)48(60)42-29-39(32-55-47(42)36(2)64-12)58-24-26-59(27-25-58)51(63)66-34-37-20-18-17-19-21-37/h17-23,28-29,32,36,40,44,46H,16,24-27,30-31,33-35H2,1-15H3,(H,56,62). The van der Waals surface area contributed by atoms with Gasteiger partial charge < -0.3 is 48.0 Å². The molecular weight excluding hydrogens is 889 g/mol. The second-order valence-electron chi connectivity index (χ2n) is 22.3. The van der Waals surface area contributed by atoms with Crippen molar-refractivity contribution in [3.8, 4) is 11.3 Å². The van der Waals surface area contributed by atoms with E-state index in [1.807, 2.05) is 43.6 Å². The minimum Gasteiger partial charge on any atom is -0.467 e. The highest BCUT2D eigenvalue weighted by Gasteiger charge is 2.44. The molecule has 1 aliphatic carbocycles. The van der Waals surface area contributed by atoms with Crippen LogP contribution in [0.2, 0.25) is 18.1 Å². The molecule has 4 unspecified atom stereocenters. The van der Waals surface area contributed by atoms with Crippen LogP contribution >= 0.6 is 0 Å². The molecule has 0 spiro atoms. The van der Waals surface area contributed by atoms with Gasteiger partial charge in [-0.3, -0.25) is 4.98 Å². The van der Waals surface area contributed by atoms with Gasteiger partial charge in [-0.2, -0.15) is 0 Å². The summed E-state index contributed by atoms with van der Waals surface area (Å²) in [5.74, 6) is -0.300. The molecule has 69 heavy (non-hydrogen) atoms. The van der Waals surface area contributed by atoms with E-state index < -0.39 is 32.0 Å². The van der Waals surface area contributed by atoms with Crippen molar-refractivity contribution in [2.24, 2.45) is 5.41 Å². The van der Waals surface area contributed by atoms with Crippen LogP contribution in [0.15, 0.2) is 60.8 Å². The normalized spacial score (nSPS) is 17.7. The van der Waals surface area contributed by atoms with Gasteiger partial charge in [-0.15, -0.1) is 0 Å². The summed E-state index contributed by atoms with van der Waals surface area (Å²) >= 11 is 0. The van der Waals surface area contributed by atoms with Crippen LogP contribution in [0.4, 0.5) is 15.3 Å². The number of amides is 2. The van der Waals surface area contributed by atoms with E-state index in [9.17, 15) is 14.4 Å². The third kappa shape index (κ3) is 13.1. The van der Waals surface area contributed by atoms with E-state index in [-0.39, 0.29) is 47.8 Å². The number of piperazine rings is 1. The molecule has 2 aromatic carbocycles. The third-order valence-electron chi connectivity index (χ3n) is 14.2. The molecule has 0 radical (unpaired) electrons. The largest absolute Gasteiger partial charge is 0.467 e. The molecule has 1 saturated carbocycles. The summed E-state index contributed by atoms with van der Waals surface area (Å²) in [7, 11) is 2.99. The summed E-state index contributed by atoms with van der Waals surface area (Å²) in [5, 5.41) is 4.00. The molecule has 378 valence electrons. The summed E-state index contributed by atoms with van der Waals surface area (Å²) in [5.41, 5.74) is 7.64. The van der Waals surface area contributed by atoms with Crippen LogP contribution in [-0.2, 0) is 47.7 Å². The highest BCUT2D eigenvalue weighted by molar-refractivity contribution is 6.74. The predicted molar refractivity (Wildman–Crippen MR) is 276 cm³/mol.